The molecule has 0 radical (unpaired) electrons. The fourth-order valence-corrected chi connectivity index (χ4v) is 3.59. The summed E-state index contributed by atoms with van der Waals surface area (Å²) in [6.45, 7) is 2.32. The second-order valence-corrected chi connectivity index (χ2v) is 6.67. The largest absolute Gasteiger partial charge is 0.492 e. The van der Waals surface area contributed by atoms with Gasteiger partial charge in [0, 0.05) is 10.0 Å². The van der Waals surface area contributed by atoms with Gasteiger partial charge in [-0.05, 0) is 41.2 Å². The zero-order valence-corrected chi connectivity index (χ0v) is 15.7. The van der Waals surface area contributed by atoms with E-state index in [0.717, 1.165) is 8.95 Å². The van der Waals surface area contributed by atoms with E-state index in [1.54, 1.807) is 12.3 Å². The third-order valence-electron chi connectivity index (χ3n) is 2.76. The molecule has 0 saturated carbocycles. The molecule has 1 N–H and O–H groups in total. The van der Waals surface area contributed by atoms with Crippen molar-refractivity contribution >= 4 is 43.6 Å². The smallest absolute Gasteiger partial charge is 0.270 e. The van der Waals surface area contributed by atoms with Crippen molar-refractivity contribution in [3.63, 3.8) is 0 Å². The quantitative estimate of drug-likeness (QED) is 0.570. The zero-order valence-electron chi connectivity index (χ0n) is 11.7. The normalized spacial score (nSPS) is 10.3. The standard InChI is InChI=1S/C14H11Br2N3O2S/c1-3-21-12-8(4-7(15)5-10(12)16)11-9(6-17)13(20)19-14(18-11)22-2/h4-5H,3H2,1-2H3,(H,18,19,20). The summed E-state index contributed by atoms with van der Waals surface area (Å²) < 4.78 is 7.16. The number of aromatic nitrogens is 2. The molecule has 1 heterocycles. The second-order valence-electron chi connectivity index (χ2n) is 4.11. The first-order valence-electron chi connectivity index (χ1n) is 6.22. The summed E-state index contributed by atoms with van der Waals surface area (Å²) in [7, 11) is 0. The maximum absolute atomic E-state index is 12.1. The zero-order chi connectivity index (χ0) is 16.3. The van der Waals surface area contributed by atoms with Gasteiger partial charge in [-0.3, -0.25) is 4.79 Å². The van der Waals surface area contributed by atoms with Crippen molar-refractivity contribution in [1.29, 1.82) is 5.26 Å². The Balaban J connectivity index is 2.84. The summed E-state index contributed by atoms with van der Waals surface area (Å²) in [6, 6.07) is 5.54. The van der Waals surface area contributed by atoms with E-state index in [1.807, 2.05) is 19.1 Å². The van der Waals surface area contributed by atoms with Crippen LogP contribution in [0.15, 0.2) is 31.0 Å². The Hall–Kier alpha value is -1.30. The van der Waals surface area contributed by atoms with E-state index < -0.39 is 5.56 Å². The summed E-state index contributed by atoms with van der Waals surface area (Å²) in [5.74, 6) is 0.548. The molecule has 5 nitrogen and oxygen atoms in total. The molecule has 0 fully saturated rings. The van der Waals surface area contributed by atoms with Crippen LogP contribution < -0.4 is 10.3 Å². The number of aromatic amines is 1. The Morgan fingerprint density at radius 1 is 1.45 bits per heavy atom. The van der Waals surface area contributed by atoms with E-state index in [0.29, 0.717) is 28.8 Å². The predicted octanol–water partition coefficient (Wildman–Crippen LogP) is 3.95. The van der Waals surface area contributed by atoms with Gasteiger partial charge in [0.25, 0.3) is 5.56 Å². The molecule has 0 aliphatic heterocycles. The van der Waals surface area contributed by atoms with Gasteiger partial charge in [0.2, 0.25) is 0 Å². The summed E-state index contributed by atoms with van der Waals surface area (Å²) in [4.78, 5) is 19.0. The van der Waals surface area contributed by atoms with E-state index >= 15 is 0 Å². The monoisotopic (exact) mass is 443 g/mol. The number of H-pyrrole nitrogens is 1. The first-order chi connectivity index (χ1) is 10.5. The lowest BCUT2D eigenvalue weighted by Crippen LogP contribution is -2.15. The first kappa shape index (κ1) is 17.1. The maximum atomic E-state index is 12.1. The minimum absolute atomic E-state index is 0.0382. The number of nitriles is 1. The molecule has 0 aliphatic carbocycles. The molecule has 0 saturated heterocycles. The van der Waals surface area contributed by atoms with Gasteiger partial charge in [-0.15, -0.1) is 0 Å². The molecule has 0 bridgehead atoms. The number of ether oxygens (including phenoxy) is 1. The first-order valence-corrected chi connectivity index (χ1v) is 9.03. The highest BCUT2D eigenvalue weighted by Gasteiger charge is 2.19. The lowest BCUT2D eigenvalue weighted by atomic mass is 10.1. The van der Waals surface area contributed by atoms with Gasteiger partial charge in [-0.2, -0.15) is 5.26 Å². The van der Waals surface area contributed by atoms with Crippen molar-refractivity contribution in [3.05, 3.63) is 37.0 Å². The fourth-order valence-electron chi connectivity index (χ4n) is 1.88. The Labute approximate surface area is 148 Å². The topological polar surface area (TPSA) is 78.8 Å². The molecule has 8 heteroatoms. The number of thioether (sulfide) groups is 1. The molecular weight excluding hydrogens is 434 g/mol. The van der Waals surface area contributed by atoms with Crippen LogP contribution in [0, 0.1) is 11.3 Å². The van der Waals surface area contributed by atoms with Crippen LogP contribution in [-0.2, 0) is 0 Å². The highest BCUT2D eigenvalue weighted by Crippen LogP contribution is 2.39. The lowest BCUT2D eigenvalue weighted by Gasteiger charge is -2.13. The molecule has 0 amide bonds. The van der Waals surface area contributed by atoms with Crippen LogP contribution in [0.5, 0.6) is 5.75 Å². The van der Waals surface area contributed by atoms with E-state index in [-0.39, 0.29) is 5.56 Å². The Bertz CT molecular complexity index is 815. The van der Waals surface area contributed by atoms with Gasteiger partial charge in [-0.1, -0.05) is 27.7 Å². The maximum Gasteiger partial charge on any atom is 0.270 e. The van der Waals surface area contributed by atoms with Crippen LogP contribution in [0.1, 0.15) is 12.5 Å². The van der Waals surface area contributed by atoms with E-state index in [9.17, 15) is 10.1 Å². The summed E-state index contributed by atoms with van der Waals surface area (Å²) >= 11 is 8.15. The van der Waals surface area contributed by atoms with Crippen molar-refractivity contribution in [3.8, 4) is 23.1 Å². The average Bonchev–Trinajstić information content (AvgIpc) is 2.48. The SMILES string of the molecule is CCOc1c(Br)cc(Br)cc1-c1nc(SC)[nH]c(=O)c1C#N. The van der Waals surface area contributed by atoms with Crippen LogP contribution in [0.3, 0.4) is 0 Å². The van der Waals surface area contributed by atoms with E-state index in [2.05, 4.69) is 41.8 Å². The van der Waals surface area contributed by atoms with Crippen LogP contribution in [0.2, 0.25) is 0 Å². The van der Waals surface area contributed by atoms with Gasteiger partial charge >= 0.3 is 0 Å². The molecule has 2 aromatic rings. The summed E-state index contributed by atoms with van der Waals surface area (Å²) in [6.07, 6.45) is 1.80. The molecule has 114 valence electrons. The van der Waals surface area contributed by atoms with E-state index in [4.69, 9.17) is 4.74 Å². The number of hydrogen-bond acceptors (Lipinski definition) is 5. The number of nitrogens with one attached hydrogen (secondary N) is 1. The Kier molecular flexibility index (Phi) is 5.67. The molecule has 2 rings (SSSR count). The van der Waals surface area contributed by atoms with Crippen molar-refractivity contribution in [2.75, 3.05) is 12.9 Å². The fraction of sp³-hybridized carbons (Fsp3) is 0.214. The lowest BCUT2D eigenvalue weighted by molar-refractivity contribution is 0.339. The van der Waals surface area contributed by atoms with Gasteiger partial charge in [0.05, 0.1) is 11.1 Å². The average molecular weight is 445 g/mol. The van der Waals surface area contributed by atoms with Crippen LogP contribution in [0.25, 0.3) is 11.3 Å². The van der Waals surface area contributed by atoms with Gasteiger partial charge in [0.1, 0.15) is 23.1 Å². The predicted molar refractivity (Wildman–Crippen MR) is 93.4 cm³/mol. The van der Waals surface area contributed by atoms with Crippen molar-refractivity contribution < 1.29 is 4.74 Å². The number of hydrogen-bond donors (Lipinski definition) is 1. The van der Waals surface area contributed by atoms with Gasteiger partial charge < -0.3 is 9.72 Å². The van der Waals surface area contributed by atoms with Crippen LogP contribution >= 0.6 is 43.6 Å². The van der Waals surface area contributed by atoms with Crippen molar-refractivity contribution in [2.45, 2.75) is 12.1 Å². The molecule has 0 unspecified atom stereocenters. The molecule has 0 atom stereocenters. The third kappa shape index (κ3) is 3.37. The van der Waals surface area contributed by atoms with Gasteiger partial charge in [-0.25, -0.2) is 4.98 Å². The molecule has 1 aromatic heterocycles. The van der Waals surface area contributed by atoms with Crippen LogP contribution in [-0.4, -0.2) is 22.8 Å². The number of rotatable bonds is 4. The van der Waals surface area contributed by atoms with Crippen molar-refractivity contribution in [2.24, 2.45) is 0 Å². The van der Waals surface area contributed by atoms with Crippen molar-refractivity contribution in [1.82, 2.24) is 9.97 Å². The molecule has 22 heavy (non-hydrogen) atoms. The Morgan fingerprint density at radius 2 is 2.18 bits per heavy atom. The van der Waals surface area contributed by atoms with Crippen LogP contribution in [0.4, 0.5) is 0 Å². The third-order valence-corrected chi connectivity index (χ3v) is 4.38. The molecular formula is C14H11Br2N3O2S. The highest BCUT2D eigenvalue weighted by atomic mass is 79.9. The molecule has 0 spiro atoms. The van der Waals surface area contributed by atoms with Gasteiger partial charge in [0.15, 0.2) is 5.16 Å². The number of nitrogens with zero attached hydrogens (tertiary/aromatic N) is 2. The molecule has 1 aromatic carbocycles. The summed E-state index contributed by atoms with van der Waals surface area (Å²) in [5.41, 5.74) is 0.390. The highest BCUT2D eigenvalue weighted by molar-refractivity contribution is 9.11. The number of halogens is 2. The Morgan fingerprint density at radius 3 is 2.77 bits per heavy atom. The summed E-state index contributed by atoms with van der Waals surface area (Å²) in [5, 5.41) is 9.74. The van der Waals surface area contributed by atoms with E-state index in [1.165, 1.54) is 11.8 Å². The minimum Gasteiger partial charge on any atom is -0.492 e. The second kappa shape index (κ2) is 7.31. The molecule has 0 aliphatic rings. The minimum atomic E-state index is -0.463. The number of benzene rings is 1.